The highest BCUT2D eigenvalue weighted by atomic mass is 79.9. The zero-order valence-corrected chi connectivity index (χ0v) is 12.1. The average Bonchev–Trinajstić information content (AvgIpc) is 2.37. The number of amides is 1. The Morgan fingerprint density at radius 2 is 2.00 bits per heavy atom. The number of hydrogen-bond donors (Lipinski definition) is 2. The zero-order chi connectivity index (χ0) is 15.6. The standard InChI is InChI=1S/C13H9BrFN3O3/c14-10-6-8(2-4-12(10)18(20)21)17-13(19)9-3-1-7(15)5-11(9)16/h1-6H,16H2,(H,17,19). The smallest absolute Gasteiger partial charge is 0.283 e. The van der Waals surface area contributed by atoms with Gasteiger partial charge in [-0.1, -0.05) is 0 Å². The van der Waals surface area contributed by atoms with Gasteiger partial charge in [0.1, 0.15) is 5.82 Å². The van der Waals surface area contributed by atoms with E-state index in [1.165, 1.54) is 24.3 Å². The molecule has 0 aromatic heterocycles. The molecule has 6 nitrogen and oxygen atoms in total. The molecule has 21 heavy (non-hydrogen) atoms. The summed E-state index contributed by atoms with van der Waals surface area (Å²) < 4.78 is 13.2. The first kappa shape index (κ1) is 14.9. The van der Waals surface area contributed by atoms with E-state index in [4.69, 9.17) is 5.73 Å². The summed E-state index contributed by atoms with van der Waals surface area (Å²) in [5, 5.41) is 13.2. The molecule has 3 N–H and O–H groups in total. The maximum atomic E-state index is 12.9. The van der Waals surface area contributed by atoms with Crippen molar-refractivity contribution >= 4 is 38.9 Å². The summed E-state index contributed by atoms with van der Waals surface area (Å²) in [6.45, 7) is 0. The number of rotatable bonds is 3. The number of nitrogen functional groups attached to an aromatic ring is 1. The minimum atomic E-state index is -0.548. The summed E-state index contributed by atoms with van der Waals surface area (Å²) >= 11 is 3.05. The molecule has 108 valence electrons. The lowest BCUT2D eigenvalue weighted by Crippen LogP contribution is -2.14. The van der Waals surface area contributed by atoms with Crippen LogP contribution in [0, 0.1) is 15.9 Å². The molecule has 2 aromatic carbocycles. The molecule has 1 amide bonds. The number of anilines is 2. The fourth-order valence-corrected chi connectivity index (χ4v) is 2.20. The van der Waals surface area contributed by atoms with Crippen molar-refractivity contribution in [1.82, 2.24) is 0 Å². The van der Waals surface area contributed by atoms with Crippen LogP contribution in [0.15, 0.2) is 40.9 Å². The molecule has 0 bridgehead atoms. The zero-order valence-electron chi connectivity index (χ0n) is 10.5. The molecule has 0 atom stereocenters. The van der Waals surface area contributed by atoms with E-state index in [1.807, 2.05) is 0 Å². The monoisotopic (exact) mass is 353 g/mol. The predicted molar refractivity (Wildman–Crippen MR) is 79.6 cm³/mol. The van der Waals surface area contributed by atoms with Crippen LogP contribution in [0.4, 0.5) is 21.5 Å². The van der Waals surface area contributed by atoms with Crippen LogP contribution in [0.2, 0.25) is 0 Å². The second-order valence-corrected chi connectivity index (χ2v) is 4.96. The summed E-state index contributed by atoms with van der Waals surface area (Å²) in [4.78, 5) is 22.2. The Morgan fingerprint density at radius 3 is 2.57 bits per heavy atom. The molecular weight excluding hydrogens is 345 g/mol. The molecule has 0 aliphatic heterocycles. The summed E-state index contributed by atoms with van der Waals surface area (Å²) in [6.07, 6.45) is 0. The predicted octanol–water partition coefficient (Wildman–Crippen LogP) is 3.33. The van der Waals surface area contributed by atoms with Crippen molar-refractivity contribution in [1.29, 1.82) is 0 Å². The van der Waals surface area contributed by atoms with Gasteiger partial charge >= 0.3 is 0 Å². The number of hydrogen-bond acceptors (Lipinski definition) is 4. The molecule has 0 spiro atoms. The van der Waals surface area contributed by atoms with Gasteiger partial charge in [0.25, 0.3) is 11.6 Å². The van der Waals surface area contributed by atoms with Crippen molar-refractivity contribution in [2.45, 2.75) is 0 Å². The number of nitrogens with zero attached hydrogens (tertiary/aromatic N) is 1. The van der Waals surface area contributed by atoms with Crippen molar-refractivity contribution in [3.8, 4) is 0 Å². The molecule has 0 heterocycles. The van der Waals surface area contributed by atoms with Crippen LogP contribution in [0.1, 0.15) is 10.4 Å². The van der Waals surface area contributed by atoms with Crippen molar-refractivity contribution in [3.05, 3.63) is 62.4 Å². The fourth-order valence-electron chi connectivity index (χ4n) is 1.67. The maximum Gasteiger partial charge on any atom is 0.283 e. The first-order chi connectivity index (χ1) is 9.88. The summed E-state index contributed by atoms with van der Waals surface area (Å²) in [5.74, 6) is -1.07. The highest BCUT2D eigenvalue weighted by molar-refractivity contribution is 9.10. The van der Waals surface area contributed by atoms with Gasteiger partial charge in [0, 0.05) is 17.4 Å². The number of benzene rings is 2. The SMILES string of the molecule is Nc1cc(F)ccc1C(=O)Nc1ccc([N+](=O)[O-])c(Br)c1. The molecule has 0 radical (unpaired) electrons. The summed E-state index contributed by atoms with van der Waals surface area (Å²) in [5.41, 5.74) is 5.93. The van der Waals surface area contributed by atoms with Gasteiger partial charge in [-0.2, -0.15) is 0 Å². The molecule has 0 saturated carbocycles. The number of halogens is 2. The number of nitrogens with two attached hydrogens (primary N) is 1. The topological polar surface area (TPSA) is 98.3 Å². The van der Waals surface area contributed by atoms with Gasteiger partial charge in [0.05, 0.1) is 15.0 Å². The number of nitro groups is 1. The van der Waals surface area contributed by atoms with Crippen molar-refractivity contribution in [3.63, 3.8) is 0 Å². The van der Waals surface area contributed by atoms with Crippen LogP contribution in [-0.2, 0) is 0 Å². The molecule has 0 aliphatic rings. The Morgan fingerprint density at radius 1 is 1.29 bits per heavy atom. The lowest BCUT2D eigenvalue weighted by atomic mass is 10.1. The van der Waals surface area contributed by atoms with Crippen LogP contribution in [0.5, 0.6) is 0 Å². The molecule has 2 rings (SSSR count). The van der Waals surface area contributed by atoms with Gasteiger partial charge < -0.3 is 11.1 Å². The first-order valence-corrected chi connectivity index (χ1v) is 6.48. The van der Waals surface area contributed by atoms with E-state index in [-0.39, 0.29) is 21.4 Å². The van der Waals surface area contributed by atoms with Gasteiger partial charge in [0.2, 0.25) is 0 Å². The van der Waals surface area contributed by atoms with E-state index in [1.54, 1.807) is 0 Å². The van der Waals surface area contributed by atoms with Crippen molar-refractivity contribution in [2.75, 3.05) is 11.1 Å². The number of carbonyl (C=O) groups excluding carboxylic acids is 1. The normalized spacial score (nSPS) is 10.2. The molecule has 0 aliphatic carbocycles. The van der Waals surface area contributed by atoms with Crippen LogP contribution >= 0.6 is 15.9 Å². The minimum absolute atomic E-state index is 0.00785. The fraction of sp³-hybridized carbons (Fsp3) is 0. The molecule has 0 saturated heterocycles. The molecule has 2 aromatic rings. The van der Waals surface area contributed by atoms with E-state index in [0.29, 0.717) is 5.69 Å². The van der Waals surface area contributed by atoms with E-state index in [0.717, 1.165) is 12.1 Å². The third-order valence-electron chi connectivity index (χ3n) is 2.66. The number of nitrogens with one attached hydrogen (secondary N) is 1. The minimum Gasteiger partial charge on any atom is -0.398 e. The Kier molecular flexibility index (Phi) is 4.18. The van der Waals surface area contributed by atoms with Gasteiger partial charge in [-0.05, 0) is 46.3 Å². The largest absolute Gasteiger partial charge is 0.398 e. The average molecular weight is 354 g/mol. The van der Waals surface area contributed by atoms with Crippen LogP contribution in [-0.4, -0.2) is 10.8 Å². The Balaban J connectivity index is 2.23. The third kappa shape index (κ3) is 3.34. The van der Waals surface area contributed by atoms with E-state index >= 15 is 0 Å². The van der Waals surface area contributed by atoms with Gasteiger partial charge in [-0.3, -0.25) is 14.9 Å². The molecule has 0 fully saturated rings. The lowest BCUT2D eigenvalue weighted by molar-refractivity contribution is -0.385. The van der Waals surface area contributed by atoms with Gasteiger partial charge in [0.15, 0.2) is 0 Å². The highest BCUT2D eigenvalue weighted by Crippen LogP contribution is 2.28. The quantitative estimate of drug-likeness (QED) is 0.502. The molecule has 0 unspecified atom stereocenters. The van der Waals surface area contributed by atoms with E-state index in [2.05, 4.69) is 21.2 Å². The van der Waals surface area contributed by atoms with Gasteiger partial charge in [-0.15, -0.1) is 0 Å². The maximum absolute atomic E-state index is 12.9. The van der Waals surface area contributed by atoms with E-state index < -0.39 is 16.6 Å². The second-order valence-electron chi connectivity index (χ2n) is 4.11. The number of nitro benzene ring substituents is 1. The van der Waals surface area contributed by atoms with Crippen LogP contribution < -0.4 is 11.1 Å². The van der Waals surface area contributed by atoms with Crippen molar-refractivity contribution < 1.29 is 14.1 Å². The lowest BCUT2D eigenvalue weighted by Gasteiger charge is -2.08. The van der Waals surface area contributed by atoms with E-state index in [9.17, 15) is 19.3 Å². The molecular formula is C13H9BrFN3O3. The molecule has 8 heteroatoms. The second kappa shape index (κ2) is 5.88. The first-order valence-electron chi connectivity index (χ1n) is 5.69. The Labute approximate surface area is 127 Å². The summed E-state index contributed by atoms with van der Waals surface area (Å²) in [7, 11) is 0. The summed E-state index contributed by atoms with van der Waals surface area (Å²) in [6, 6.07) is 7.47. The Bertz CT molecular complexity index is 737. The van der Waals surface area contributed by atoms with Crippen molar-refractivity contribution in [2.24, 2.45) is 0 Å². The highest BCUT2D eigenvalue weighted by Gasteiger charge is 2.14. The number of carbonyl (C=O) groups is 1. The van der Waals surface area contributed by atoms with Gasteiger partial charge in [-0.25, -0.2) is 4.39 Å². The van der Waals surface area contributed by atoms with Crippen LogP contribution in [0.3, 0.4) is 0 Å². The third-order valence-corrected chi connectivity index (χ3v) is 3.30. The Hall–Kier alpha value is -2.48. The van der Waals surface area contributed by atoms with Crippen LogP contribution in [0.25, 0.3) is 0 Å².